The van der Waals surface area contributed by atoms with E-state index in [9.17, 15) is 14.0 Å². The molecule has 23 heavy (non-hydrogen) atoms. The van der Waals surface area contributed by atoms with Crippen LogP contribution in [0.25, 0.3) is 11.0 Å². The van der Waals surface area contributed by atoms with Crippen molar-refractivity contribution in [2.45, 2.75) is 19.4 Å². The highest BCUT2D eigenvalue weighted by Gasteiger charge is 2.11. The molecule has 0 spiro atoms. The number of fused-ring (bicyclic) bond motifs is 1. The van der Waals surface area contributed by atoms with E-state index < -0.39 is 0 Å². The summed E-state index contributed by atoms with van der Waals surface area (Å²) < 4.78 is 12.9. The van der Waals surface area contributed by atoms with Gasteiger partial charge in [0, 0.05) is 0 Å². The van der Waals surface area contributed by atoms with Crippen LogP contribution >= 0.6 is 0 Å². The Kier molecular flexibility index (Phi) is 3.97. The zero-order chi connectivity index (χ0) is 16.4. The van der Waals surface area contributed by atoms with Crippen LogP contribution in [0.3, 0.4) is 0 Å². The molecule has 3 N–H and O–H groups in total. The number of imidazole rings is 1. The van der Waals surface area contributed by atoms with Crippen molar-refractivity contribution in [2.75, 3.05) is 0 Å². The van der Waals surface area contributed by atoms with Crippen LogP contribution in [0.2, 0.25) is 0 Å². The average Bonchev–Trinajstić information content (AvgIpc) is 2.88. The first-order valence-corrected chi connectivity index (χ1v) is 7.27. The molecule has 2 aromatic carbocycles. The summed E-state index contributed by atoms with van der Waals surface area (Å²) in [5.41, 5.74) is 2.81. The summed E-state index contributed by atoms with van der Waals surface area (Å²) in [6.07, 6.45) is 0.188. The van der Waals surface area contributed by atoms with Crippen LogP contribution in [0.4, 0.5) is 4.39 Å². The second-order valence-electron chi connectivity index (χ2n) is 5.48. The van der Waals surface area contributed by atoms with Crippen LogP contribution in [0.1, 0.15) is 24.1 Å². The average molecular weight is 313 g/mol. The van der Waals surface area contributed by atoms with Gasteiger partial charge in [-0.1, -0.05) is 18.2 Å². The molecule has 3 aromatic rings. The van der Waals surface area contributed by atoms with Crippen molar-refractivity contribution in [3.8, 4) is 0 Å². The summed E-state index contributed by atoms with van der Waals surface area (Å²) in [7, 11) is 0. The molecule has 118 valence electrons. The fraction of sp³-hybridized carbons (Fsp3) is 0.176. The van der Waals surface area contributed by atoms with Crippen molar-refractivity contribution < 1.29 is 9.18 Å². The molecule has 0 aliphatic heterocycles. The smallest absolute Gasteiger partial charge is 0.323 e. The number of carbonyl (C=O) groups excluding carboxylic acids is 1. The molecule has 1 unspecified atom stereocenters. The van der Waals surface area contributed by atoms with Gasteiger partial charge in [-0.05, 0) is 42.3 Å². The van der Waals surface area contributed by atoms with Gasteiger partial charge < -0.3 is 15.3 Å². The van der Waals surface area contributed by atoms with E-state index in [-0.39, 0.29) is 29.9 Å². The van der Waals surface area contributed by atoms with Crippen LogP contribution in [-0.2, 0) is 11.2 Å². The Hall–Kier alpha value is -2.89. The molecule has 0 saturated carbocycles. The van der Waals surface area contributed by atoms with E-state index >= 15 is 0 Å². The van der Waals surface area contributed by atoms with Crippen molar-refractivity contribution >= 4 is 16.9 Å². The molecule has 3 rings (SSSR count). The zero-order valence-corrected chi connectivity index (χ0v) is 12.5. The van der Waals surface area contributed by atoms with E-state index in [4.69, 9.17) is 0 Å². The predicted octanol–water partition coefficient (Wildman–Crippen LogP) is 2.42. The van der Waals surface area contributed by atoms with Gasteiger partial charge >= 0.3 is 5.69 Å². The molecule has 5 nitrogen and oxygen atoms in total. The molecule has 1 aromatic heterocycles. The maximum absolute atomic E-state index is 12.9. The summed E-state index contributed by atoms with van der Waals surface area (Å²) in [5.74, 6) is -0.469. The van der Waals surface area contributed by atoms with Crippen molar-refractivity contribution in [1.82, 2.24) is 15.3 Å². The van der Waals surface area contributed by atoms with Gasteiger partial charge in [-0.15, -0.1) is 0 Å². The third-order valence-corrected chi connectivity index (χ3v) is 3.70. The lowest BCUT2D eigenvalue weighted by atomic mass is 10.1. The summed E-state index contributed by atoms with van der Waals surface area (Å²) >= 11 is 0. The minimum atomic E-state index is -0.323. The topological polar surface area (TPSA) is 77.8 Å². The van der Waals surface area contributed by atoms with Gasteiger partial charge in [0.1, 0.15) is 5.82 Å². The second kappa shape index (κ2) is 6.08. The fourth-order valence-electron chi connectivity index (χ4n) is 2.48. The van der Waals surface area contributed by atoms with Crippen molar-refractivity contribution in [1.29, 1.82) is 0 Å². The number of aromatic nitrogens is 2. The van der Waals surface area contributed by atoms with Gasteiger partial charge in [-0.2, -0.15) is 0 Å². The number of amides is 1. The fourth-order valence-corrected chi connectivity index (χ4v) is 2.48. The normalized spacial score (nSPS) is 12.3. The van der Waals surface area contributed by atoms with Crippen LogP contribution in [0, 0.1) is 5.82 Å². The van der Waals surface area contributed by atoms with Crippen LogP contribution in [0.5, 0.6) is 0 Å². The Labute approximate surface area is 131 Å². The minimum Gasteiger partial charge on any atom is -0.349 e. The summed E-state index contributed by atoms with van der Waals surface area (Å²) in [6.45, 7) is 1.87. The third kappa shape index (κ3) is 3.48. The molecule has 0 saturated heterocycles. The van der Waals surface area contributed by atoms with Crippen LogP contribution < -0.4 is 11.0 Å². The number of H-pyrrole nitrogens is 2. The predicted molar refractivity (Wildman–Crippen MR) is 85.6 cm³/mol. The summed E-state index contributed by atoms with van der Waals surface area (Å²) in [6, 6.07) is 11.1. The van der Waals surface area contributed by atoms with Crippen molar-refractivity contribution in [3.05, 3.63) is 69.9 Å². The molecular formula is C17H16FN3O2. The van der Waals surface area contributed by atoms with Gasteiger partial charge in [0.2, 0.25) is 5.91 Å². The summed E-state index contributed by atoms with van der Waals surface area (Å²) in [5, 5.41) is 2.90. The van der Waals surface area contributed by atoms with E-state index in [2.05, 4.69) is 15.3 Å². The highest BCUT2D eigenvalue weighted by molar-refractivity contribution is 5.79. The number of rotatable bonds is 4. The van der Waals surface area contributed by atoms with E-state index in [0.717, 1.165) is 16.6 Å². The minimum absolute atomic E-state index is 0.147. The van der Waals surface area contributed by atoms with E-state index in [1.165, 1.54) is 12.1 Å². The molecule has 0 aliphatic carbocycles. The maximum atomic E-state index is 12.9. The second-order valence-corrected chi connectivity index (χ2v) is 5.48. The zero-order valence-electron chi connectivity index (χ0n) is 12.5. The number of aromatic amines is 2. The quantitative estimate of drug-likeness (QED) is 0.692. The van der Waals surface area contributed by atoms with E-state index in [1.54, 1.807) is 18.2 Å². The Morgan fingerprint density at radius 2 is 1.83 bits per heavy atom. The van der Waals surface area contributed by atoms with E-state index in [1.807, 2.05) is 19.1 Å². The maximum Gasteiger partial charge on any atom is 0.323 e. The number of hydrogen-bond acceptors (Lipinski definition) is 2. The molecule has 1 heterocycles. The monoisotopic (exact) mass is 313 g/mol. The molecule has 0 fully saturated rings. The largest absolute Gasteiger partial charge is 0.349 e. The molecule has 0 bridgehead atoms. The van der Waals surface area contributed by atoms with Crippen molar-refractivity contribution in [3.63, 3.8) is 0 Å². The molecule has 1 atom stereocenters. The molecule has 0 aliphatic rings. The number of benzene rings is 2. The summed E-state index contributed by atoms with van der Waals surface area (Å²) in [4.78, 5) is 28.7. The standard InChI is InChI=1S/C17H16FN3O2/c1-10(12-4-7-14-15(9-12)21-17(23)20-14)19-16(22)8-11-2-5-13(18)6-3-11/h2-7,9-10H,8H2,1H3,(H,19,22)(H2,20,21,23). The first-order valence-electron chi connectivity index (χ1n) is 7.27. The Morgan fingerprint density at radius 1 is 1.13 bits per heavy atom. The first-order chi connectivity index (χ1) is 11.0. The van der Waals surface area contributed by atoms with Gasteiger partial charge in [-0.3, -0.25) is 4.79 Å². The Morgan fingerprint density at radius 3 is 2.57 bits per heavy atom. The highest BCUT2D eigenvalue weighted by atomic mass is 19.1. The van der Waals surface area contributed by atoms with Gasteiger partial charge in [0.05, 0.1) is 23.5 Å². The van der Waals surface area contributed by atoms with Crippen LogP contribution in [-0.4, -0.2) is 15.9 Å². The molecule has 0 radical (unpaired) electrons. The van der Waals surface area contributed by atoms with Gasteiger partial charge in [-0.25, -0.2) is 9.18 Å². The third-order valence-electron chi connectivity index (χ3n) is 3.70. The number of nitrogens with one attached hydrogen (secondary N) is 3. The highest BCUT2D eigenvalue weighted by Crippen LogP contribution is 2.17. The number of halogens is 1. The lowest BCUT2D eigenvalue weighted by Gasteiger charge is -2.14. The molecular weight excluding hydrogens is 297 g/mol. The molecule has 1 amide bonds. The van der Waals surface area contributed by atoms with Gasteiger partial charge in [0.15, 0.2) is 0 Å². The Balaban J connectivity index is 1.69. The lowest BCUT2D eigenvalue weighted by molar-refractivity contribution is -0.121. The van der Waals surface area contributed by atoms with E-state index in [0.29, 0.717) is 5.52 Å². The lowest BCUT2D eigenvalue weighted by Crippen LogP contribution is -2.28. The SMILES string of the molecule is CC(NC(=O)Cc1ccc(F)cc1)c1ccc2[nH]c(=O)[nH]c2c1. The Bertz CT molecular complexity index is 896. The number of carbonyl (C=O) groups is 1. The van der Waals surface area contributed by atoms with Crippen molar-refractivity contribution in [2.24, 2.45) is 0 Å². The van der Waals surface area contributed by atoms with Crippen LogP contribution in [0.15, 0.2) is 47.3 Å². The molecule has 6 heteroatoms. The first kappa shape index (κ1) is 15.0. The number of hydrogen-bond donors (Lipinski definition) is 3. The van der Waals surface area contributed by atoms with Gasteiger partial charge in [0.25, 0.3) is 0 Å².